The topological polar surface area (TPSA) is 72.8 Å². The molecule has 0 aromatic heterocycles. The van der Waals surface area contributed by atoms with Crippen molar-refractivity contribution in [1.29, 1.82) is 0 Å². The van der Waals surface area contributed by atoms with Crippen LogP contribution < -0.4 is 4.74 Å². The van der Waals surface area contributed by atoms with Gasteiger partial charge in [0.15, 0.2) is 5.76 Å². The van der Waals surface area contributed by atoms with Gasteiger partial charge in [-0.3, -0.25) is 4.21 Å². The van der Waals surface area contributed by atoms with Gasteiger partial charge in [0.2, 0.25) is 0 Å². The van der Waals surface area contributed by atoms with Crippen molar-refractivity contribution in [2.75, 3.05) is 6.26 Å². The van der Waals surface area contributed by atoms with Gasteiger partial charge in [-0.15, -0.1) is 0 Å². The normalized spacial score (nSPS) is 19.0. The van der Waals surface area contributed by atoms with Gasteiger partial charge in [0.25, 0.3) is 6.10 Å². The molecule has 1 aliphatic heterocycles. The summed E-state index contributed by atoms with van der Waals surface area (Å²) < 4.78 is 58.8. The maximum absolute atomic E-state index is 12.9. The molecule has 1 aromatic carbocycles. The van der Waals surface area contributed by atoms with Gasteiger partial charge in [0.1, 0.15) is 5.75 Å². The summed E-state index contributed by atoms with van der Waals surface area (Å²) >= 11 is 0. The van der Waals surface area contributed by atoms with E-state index in [0.717, 1.165) is 6.08 Å². The average Bonchev–Trinajstić information content (AvgIpc) is 2.35. The van der Waals surface area contributed by atoms with Gasteiger partial charge in [0.05, 0.1) is 0 Å². The molecule has 1 aromatic rings. The fourth-order valence-electron chi connectivity index (χ4n) is 1.75. The van der Waals surface area contributed by atoms with Crippen LogP contribution >= 0.6 is 0 Å². The van der Waals surface area contributed by atoms with Crippen molar-refractivity contribution in [2.24, 2.45) is 0 Å². The molecule has 0 aliphatic carbocycles. The van der Waals surface area contributed by atoms with Crippen molar-refractivity contribution in [3.05, 3.63) is 29.5 Å². The van der Waals surface area contributed by atoms with Crippen LogP contribution in [-0.2, 0) is 15.5 Å². The second-order valence-corrected chi connectivity index (χ2v) is 5.49. The van der Waals surface area contributed by atoms with Crippen molar-refractivity contribution in [3.8, 4) is 5.75 Å². The number of hydrogen-bond donors (Lipinski definition) is 1. The van der Waals surface area contributed by atoms with Crippen LogP contribution in [0.3, 0.4) is 0 Å². The molecule has 114 valence electrons. The third-order valence-corrected chi connectivity index (χ3v) is 3.53. The number of carbonyl (C=O) groups is 1. The van der Waals surface area contributed by atoms with Gasteiger partial charge >= 0.3 is 12.3 Å². The van der Waals surface area contributed by atoms with E-state index in [2.05, 4.69) is 4.74 Å². The molecule has 1 heterocycles. The molecular formula is C12H9F3O5S. The Morgan fingerprint density at radius 1 is 1.43 bits per heavy atom. The predicted molar refractivity (Wildman–Crippen MR) is 66.3 cm³/mol. The summed E-state index contributed by atoms with van der Waals surface area (Å²) in [5.41, 5.74) is 0.166. The van der Waals surface area contributed by atoms with E-state index < -0.39 is 35.0 Å². The molecule has 1 N–H and O–H groups in total. The second-order valence-electron chi connectivity index (χ2n) is 4.11. The SMILES string of the molecule is CS(=O)c1ccc2c(c1)C=C(OC(=O)O)C(C(F)(F)F)O2. The molecule has 2 atom stereocenters. The van der Waals surface area contributed by atoms with E-state index in [9.17, 15) is 22.2 Å². The lowest BCUT2D eigenvalue weighted by atomic mass is 10.1. The molecule has 0 fully saturated rings. The van der Waals surface area contributed by atoms with E-state index >= 15 is 0 Å². The Balaban J connectivity index is 2.49. The largest absolute Gasteiger partial charge is 0.511 e. The van der Waals surface area contributed by atoms with Gasteiger partial charge in [-0.25, -0.2) is 4.79 Å². The highest BCUT2D eigenvalue weighted by Crippen LogP contribution is 2.38. The Bertz CT molecular complexity index is 638. The lowest BCUT2D eigenvalue weighted by Gasteiger charge is -2.27. The predicted octanol–water partition coefficient (Wildman–Crippen LogP) is 2.78. The van der Waals surface area contributed by atoms with Gasteiger partial charge in [-0.05, 0) is 24.3 Å². The van der Waals surface area contributed by atoms with Gasteiger partial charge in [0, 0.05) is 27.5 Å². The molecule has 21 heavy (non-hydrogen) atoms. The van der Waals surface area contributed by atoms with Crippen LogP contribution in [0.2, 0.25) is 0 Å². The zero-order chi connectivity index (χ0) is 15.8. The number of halogens is 3. The molecule has 0 spiro atoms. The molecule has 1 aliphatic rings. The van der Waals surface area contributed by atoms with Crippen molar-refractivity contribution >= 4 is 23.0 Å². The second kappa shape index (κ2) is 5.40. The first-order valence-corrected chi connectivity index (χ1v) is 7.07. The van der Waals surface area contributed by atoms with Gasteiger partial charge in [-0.2, -0.15) is 13.2 Å². The highest BCUT2D eigenvalue weighted by atomic mass is 32.2. The van der Waals surface area contributed by atoms with E-state index in [-0.39, 0.29) is 11.3 Å². The Hall–Kier alpha value is -2.03. The van der Waals surface area contributed by atoms with E-state index in [4.69, 9.17) is 9.84 Å². The molecule has 2 rings (SSSR count). The number of fused-ring (bicyclic) bond motifs is 1. The first-order valence-electron chi connectivity index (χ1n) is 5.51. The molecule has 0 amide bonds. The fraction of sp³-hybridized carbons (Fsp3) is 0.250. The highest BCUT2D eigenvalue weighted by Gasteiger charge is 2.48. The third kappa shape index (κ3) is 3.35. The maximum Gasteiger partial charge on any atom is 0.511 e. The number of ether oxygens (including phenoxy) is 2. The monoisotopic (exact) mass is 322 g/mol. The summed E-state index contributed by atoms with van der Waals surface area (Å²) in [6, 6.07) is 3.97. The van der Waals surface area contributed by atoms with Crippen LogP contribution in [0.5, 0.6) is 5.75 Å². The minimum Gasteiger partial charge on any atom is -0.472 e. The van der Waals surface area contributed by atoms with E-state index in [1.807, 2.05) is 0 Å². The lowest BCUT2D eigenvalue weighted by Crippen LogP contribution is -2.39. The van der Waals surface area contributed by atoms with Crippen LogP contribution in [0.15, 0.2) is 28.9 Å². The highest BCUT2D eigenvalue weighted by molar-refractivity contribution is 7.84. The average molecular weight is 322 g/mol. The fourth-order valence-corrected chi connectivity index (χ4v) is 2.30. The summed E-state index contributed by atoms with van der Waals surface area (Å²) in [5.74, 6) is -0.981. The molecule has 0 bridgehead atoms. The Kier molecular flexibility index (Phi) is 3.95. The summed E-state index contributed by atoms with van der Waals surface area (Å²) in [4.78, 5) is 10.9. The number of hydrogen-bond acceptors (Lipinski definition) is 4. The minimum absolute atomic E-state index is 0.0933. The summed E-state index contributed by atoms with van der Waals surface area (Å²) in [6.07, 6.45) is -6.88. The minimum atomic E-state index is -4.83. The van der Waals surface area contributed by atoms with Gasteiger partial charge < -0.3 is 14.6 Å². The van der Waals surface area contributed by atoms with Crippen molar-refractivity contribution in [1.82, 2.24) is 0 Å². The lowest BCUT2D eigenvalue weighted by molar-refractivity contribution is -0.191. The van der Waals surface area contributed by atoms with Crippen LogP contribution in [0.25, 0.3) is 6.08 Å². The van der Waals surface area contributed by atoms with Crippen LogP contribution in [-0.4, -0.2) is 34.0 Å². The smallest absolute Gasteiger partial charge is 0.472 e. The van der Waals surface area contributed by atoms with Crippen LogP contribution in [0.1, 0.15) is 5.56 Å². The summed E-state index contributed by atoms with van der Waals surface area (Å²) in [5, 5.41) is 8.51. The van der Waals surface area contributed by atoms with Crippen molar-refractivity contribution < 1.29 is 36.8 Å². The number of alkyl halides is 3. The zero-order valence-electron chi connectivity index (χ0n) is 10.5. The number of benzene rings is 1. The molecule has 0 radical (unpaired) electrons. The standard InChI is InChI=1S/C12H9F3O5S/c1-21(18)7-2-3-8-6(4-7)5-9(20-11(16)17)10(19-8)12(13,14)15/h2-5,10H,1H3,(H,16,17). The number of rotatable bonds is 2. The molecular weight excluding hydrogens is 313 g/mol. The van der Waals surface area contributed by atoms with E-state index in [1.165, 1.54) is 24.5 Å². The third-order valence-electron chi connectivity index (χ3n) is 2.62. The Morgan fingerprint density at radius 2 is 2.10 bits per heavy atom. The molecule has 5 nitrogen and oxygen atoms in total. The summed E-state index contributed by atoms with van der Waals surface area (Å²) in [7, 11) is -1.34. The van der Waals surface area contributed by atoms with Crippen LogP contribution in [0.4, 0.5) is 18.0 Å². The molecule has 9 heteroatoms. The Morgan fingerprint density at radius 3 is 2.62 bits per heavy atom. The zero-order valence-corrected chi connectivity index (χ0v) is 11.3. The number of carboxylic acid groups (broad SMARTS) is 1. The first-order chi connectivity index (χ1) is 9.68. The maximum atomic E-state index is 12.9. The van der Waals surface area contributed by atoms with E-state index in [1.54, 1.807) is 0 Å². The quantitative estimate of drug-likeness (QED) is 0.848. The van der Waals surface area contributed by atoms with Gasteiger partial charge in [-0.1, -0.05) is 0 Å². The van der Waals surface area contributed by atoms with E-state index in [0.29, 0.717) is 4.90 Å². The first kappa shape index (κ1) is 15.4. The Labute approximate surface area is 119 Å². The van der Waals surface area contributed by atoms with Crippen LogP contribution in [0, 0.1) is 0 Å². The molecule has 0 saturated heterocycles. The van der Waals surface area contributed by atoms with Crippen molar-refractivity contribution in [3.63, 3.8) is 0 Å². The molecule has 0 saturated carbocycles. The summed E-state index contributed by atoms with van der Waals surface area (Å²) in [6.45, 7) is 0. The molecule has 2 unspecified atom stereocenters. The van der Waals surface area contributed by atoms with Crippen molar-refractivity contribution in [2.45, 2.75) is 17.2 Å².